The lowest BCUT2D eigenvalue weighted by molar-refractivity contribution is 0.242. The number of rotatable bonds is 2. The number of para-hydroxylation sites is 1. The van der Waals surface area contributed by atoms with Gasteiger partial charge in [0.1, 0.15) is 17.7 Å². The van der Waals surface area contributed by atoms with E-state index in [-0.39, 0.29) is 11.9 Å². The molecule has 1 aliphatic rings. The number of hydrogen-bond donors (Lipinski definition) is 1. The smallest absolute Gasteiger partial charge is 0.131 e. The van der Waals surface area contributed by atoms with Crippen LogP contribution in [0.15, 0.2) is 42.5 Å². The van der Waals surface area contributed by atoms with Gasteiger partial charge >= 0.3 is 0 Å². The number of benzene rings is 2. The van der Waals surface area contributed by atoms with Crippen LogP contribution in [0.1, 0.15) is 11.3 Å². The molecule has 3 aromatic rings. The van der Waals surface area contributed by atoms with E-state index in [2.05, 4.69) is 4.98 Å². The minimum atomic E-state index is -0.251. The zero-order valence-electron chi connectivity index (χ0n) is 12.8. The van der Waals surface area contributed by atoms with Crippen LogP contribution in [0.5, 0.6) is 5.75 Å². The standard InChI is InChI=1S/C19H17FN2O/c1-11-6-16(15-4-2-3-5-18(15)22-11)17-9-13(20)7-12-8-14(10-21)23-19(12)17/h2-7,9,14H,8,10,21H2,1H3. The molecule has 0 amide bonds. The fourth-order valence-corrected chi connectivity index (χ4v) is 3.26. The van der Waals surface area contributed by atoms with Gasteiger partial charge in [-0.3, -0.25) is 4.98 Å². The zero-order valence-corrected chi connectivity index (χ0v) is 12.8. The second-order valence-corrected chi connectivity index (χ2v) is 5.95. The number of nitrogens with two attached hydrogens (primary N) is 1. The van der Waals surface area contributed by atoms with Crippen molar-refractivity contribution in [2.75, 3.05) is 6.54 Å². The molecule has 1 unspecified atom stereocenters. The summed E-state index contributed by atoms with van der Waals surface area (Å²) in [6.07, 6.45) is 0.568. The van der Waals surface area contributed by atoms with Crippen LogP contribution in [0.2, 0.25) is 0 Å². The van der Waals surface area contributed by atoms with Gasteiger partial charge in [0.2, 0.25) is 0 Å². The molecule has 2 heterocycles. The van der Waals surface area contributed by atoms with E-state index >= 15 is 0 Å². The van der Waals surface area contributed by atoms with E-state index in [1.165, 1.54) is 0 Å². The van der Waals surface area contributed by atoms with Crippen LogP contribution in [-0.2, 0) is 6.42 Å². The highest BCUT2D eigenvalue weighted by Gasteiger charge is 2.26. The quantitative estimate of drug-likeness (QED) is 0.786. The molecule has 0 aliphatic carbocycles. The van der Waals surface area contributed by atoms with Crippen molar-refractivity contribution < 1.29 is 9.13 Å². The monoisotopic (exact) mass is 308 g/mol. The van der Waals surface area contributed by atoms with Gasteiger partial charge in [0, 0.05) is 35.2 Å². The summed E-state index contributed by atoms with van der Waals surface area (Å²) in [6.45, 7) is 2.37. The van der Waals surface area contributed by atoms with Gasteiger partial charge in [-0.05, 0) is 36.8 Å². The molecule has 4 heteroatoms. The predicted octanol–water partition coefficient (Wildman–Crippen LogP) is 3.61. The van der Waals surface area contributed by atoms with Gasteiger partial charge in [0.05, 0.1) is 5.52 Å². The van der Waals surface area contributed by atoms with Gasteiger partial charge in [-0.15, -0.1) is 0 Å². The SMILES string of the molecule is Cc1cc(-c2cc(F)cc3c2OC(CN)C3)c2ccccc2n1. The lowest BCUT2D eigenvalue weighted by Crippen LogP contribution is -2.24. The molecule has 4 rings (SSSR count). The number of aryl methyl sites for hydroxylation is 1. The minimum absolute atomic E-state index is 0.0836. The predicted molar refractivity (Wildman–Crippen MR) is 89.0 cm³/mol. The summed E-state index contributed by atoms with van der Waals surface area (Å²) in [5.74, 6) is 0.496. The second-order valence-electron chi connectivity index (χ2n) is 5.95. The molecule has 1 aliphatic heterocycles. The highest BCUT2D eigenvalue weighted by Crippen LogP contribution is 2.41. The number of ether oxygens (including phenoxy) is 1. The molecule has 2 aromatic carbocycles. The van der Waals surface area contributed by atoms with E-state index in [0.717, 1.165) is 39.0 Å². The van der Waals surface area contributed by atoms with Crippen LogP contribution < -0.4 is 10.5 Å². The summed E-state index contributed by atoms with van der Waals surface area (Å²) in [6, 6.07) is 13.0. The first kappa shape index (κ1) is 14.2. The number of aromatic nitrogens is 1. The van der Waals surface area contributed by atoms with E-state index in [4.69, 9.17) is 10.5 Å². The third-order valence-electron chi connectivity index (χ3n) is 4.26. The largest absolute Gasteiger partial charge is 0.488 e. The molecule has 116 valence electrons. The Bertz CT molecular complexity index is 907. The molecular formula is C19H17FN2O. The first-order valence-electron chi connectivity index (χ1n) is 7.71. The third kappa shape index (κ3) is 2.35. The Hall–Kier alpha value is -2.46. The van der Waals surface area contributed by atoms with Crippen LogP contribution in [0, 0.1) is 12.7 Å². The highest BCUT2D eigenvalue weighted by atomic mass is 19.1. The van der Waals surface area contributed by atoms with Gasteiger partial charge in [0.15, 0.2) is 0 Å². The second kappa shape index (κ2) is 5.32. The first-order valence-corrected chi connectivity index (χ1v) is 7.71. The van der Waals surface area contributed by atoms with Crippen LogP contribution in [0.4, 0.5) is 4.39 Å². The first-order chi connectivity index (χ1) is 11.2. The van der Waals surface area contributed by atoms with Crippen LogP contribution in [-0.4, -0.2) is 17.6 Å². The molecule has 2 N–H and O–H groups in total. The summed E-state index contributed by atoms with van der Waals surface area (Å²) >= 11 is 0. The Balaban J connectivity index is 2.00. The molecule has 0 saturated carbocycles. The van der Waals surface area contributed by atoms with E-state index < -0.39 is 0 Å². The van der Waals surface area contributed by atoms with E-state index in [1.54, 1.807) is 12.1 Å². The molecule has 0 radical (unpaired) electrons. The van der Waals surface area contributed by atoms with E-state index in [9.17, 15) is 4.39 Å². The maximum absolute atomic E-state index is 14.1. The Morgan fingerprint density at radius 3 is 2.87 bits per heavy atom. The topological polar surface area (TPSA) is 48.1 Å². The summed E-state index contributed by atoms with van der Waals surface area (Å²) in [5, 5.41) is 0.991. The lowest BCUT2D eigenvalue weighted by atomic mass is 9.96. The number of halogens is 1. The average molecular weight is 308 g/mol. The van der Waals surface area contributed by atoms with Crippen molar-refractivity contribution >= 4 is 10.9 Å². The minimum Gasteiger partial charge on any atom is -0.488 e. The van der Waals surface area contributed by atoms with E-state index in [0.29, 0.717) is 13.0 Å². The average Bonchev–Trinajstić information content (AvgIpc) is 2.96. The molecule has 3 nitrogen and oxygen atoms in total. The Labute approximate surface area is 133 Å². The normalized spacial score (nSPS) is 16.4. The highest BCUT2D eigenvalue weighted by molar-refractivity contribution is 5.96. The molecule has 1 aromatic heterocycles. The van der Waals surface area contributed by atoms with Gasteiger partial charge in [0.25, 0.3) is 0 Å². The van der Waals surface area contributed by atoms with E-state index in [1.807, 2.05) is 37.3 Å². The Kier molecular flexibility index (Phi) is 3.27. The van der Waals surface area contributed by atoms with Gasteiger partial charge < -0.3 is 10.5 Å². The zero-order chi connectivity index (χ0) is 16.0. The van der Waals surface area contributed by atoms with Crippen molar-refractivity contribution in [3.05, 3.63) is 59.5 Å². The van der Waals surface area contributed by atoms with Crippen LogP contribution in [0.25, 0.3) is 22.0 Å². The number of fused-ring (bicyclic) bond motifs is 2. The Morgan fingerprint density at radius 2 is 2.04 bits per heavy atom. The lowest BCUT2D eigenvalue weighted by Gasteiger charge is -2.13. The van der Waals surface area contributed by atoms with Crippen LogP contribution in [0.3, 0.4) is 0 Å². The van der Waals surface area contributed by atoms with Crippen molar-refractivity contribution in [3.8, 4) is 16.9 Å². The number of hydrogen-bond acceptors (Lipinski definition) is 3. The van der Waals surface area contributed by atoms with Crippen LogP contribution >= 0.6 is 0 Å². The summed E-state index contributed by atoms with van der Waals surface area (Å²) in [5.41, 5.74) is 10.1. The number of nitrogens with zero attached hydrogens (tertiary/aromatic N) is 1. The fourth-order valence-electron chi connectivity index (χ4n) is 3.26. The Morgan fingerprint density at radius 1 is 1.22 bits per heavy atom. The molecule has 0 bridgehead atoms. The van der Waals surface area contributed by atoms with Crippen molar-refractivity contribution in [3.63, 3.8) is 0 Å². The fraction of sp³-hybridized carbons (Fsp3) is 0.211. The molecule has 0 spiro atoms. The maximum Gasteiger partial charge on any atom is 0.131 e. The van der Waals surface area contributed by atoms with Gasteiger partial charge in [-0.25, -0.2) is 4.39 Å². The van der Waals surface area contributed by atoms with Crippen molar-refractivity contribution in [2.45, 2.75) is 19.4 Å². The molecule has 0 saturated heterocycles. The van der Waals surface area contributed by atoms with Gasteiger partial charge in [-0.2, -0.15) is 0 Å². The van der Waals surface area contributed by atoms with Crippen molar-refractivity contribution in [1.82, 2.24) is 4.98 Å². The molecular weight excluding hydrogens is 291 g/mol. The molecule has 1 atom stereocenters. The van der Waals surface area contributed by atoms with Crippen molar-refractivity contribution in [2.24, 2.45) is 5.73 Å². The summed E-state index contributed by atoms with van der Waals surface area (Å²) in [4.78, 5) is 4.55. The molecule has 23 heavy (non-hydrogen) atoms. The van der Waals surface area contributed by atoms with Gasteiger partial charge in [-0.1, -0.05) is 18.2 Å². The maximum atomic E-state index is 14.1. The molecule has 0 fully saturated rings. The summed E-state index contributed by atoms with van der Waals surface area (Å²) < 4.78 is 20.1. The third-order valence-corrected chi connectivity index (χ3v) is 4.26. The summed E-state index contributed by atoms with van der Waals surface area (Å²) in [7, 11) is 0. The number of pyridine rings is 1. The van der Waals surface area contributed by atoms with Crippen molar-refractivity contribution in [1.29, 1.82) is 0 Å².